The largest absolute Gasteiger partial charge is 0.397 e. The topological polar surface area (TPSA) is 59.0 Å². The van der Waals surface area contributed by atoms with Crippen LogP contribution in [0.5, 0.6) is 5.75 Å². The highest BCUT2D eigenvalue weighted by molar-refractivity contribution is 7.89. The van der Waals surface area contributed by atoms with Crippen LogP contribution in [0.1, 0.15) is 41.3 Å². The van der Waals surface area contributed by atoms with Gasteiger partial charge in [-0.2, -0.15) is 0 Å². The Bertz CT molecular complexity index is 786. The fourth-order valence-corrected chi connectivity index (χ4v) is 3.67. The number of carbonyl (C=O) groups excluding carboxylic acids is 1. The maximum Gasteiger partial charge on any atom is 0.272 e. The third-order valence-electron chi connectivity index (χ3n) is 4.58. The lowest BCUT2D eigenvalue weighted by Gasteiger charge is -2.39. The number of nitrogens with zero attached hydrogens (tertiary/aromatic N) is 1. The summed E-state index contributed by atoms with van der Waals surface area (Å²) in [6, 6.07) is 14.3. The van der Waals surface area contributed by atoms with Gasteiger partial charge in [-0.1, -0.05) is 37.3 Å². The SMILES string of the molecule is CCCN1C(=O)c2ccccc2C1(OCCCO)c1ccc(OSF)cc1. The first-order valence-corrected chi connectivity index (χ1v) is 9.55. The second kappa shape index (κ2) is 8.73. The van der Waals surface area contributed by atoms with Crippen LogP contribution in [-0.2, 0) is 10.5 Å². The maximum absolute atomic E-state index is 13.1. The minimum absolute atomic E-state index is 0.0000476. The molecular formula is C20H22FNO4S. The van der Waals surface area contributed by atoms with Crippen molar-refractivity contribution >= 4 is 18.3 Å². The molecule has 1 aliphatic rings. The number of fused-ring (bicyclic) bond motifs is 1. The smallest absolute Gasteiger partial charge is 0.272 e. The molecule has 1 amide bonds. The van der Waals surface area contributed by atoms with Crippen LogP contribution >= 0.6 is 12.4 Å². The lowest BCUT2D eigenvalue weighted by atomic mass is 9.93. The van der Waals surface area contributed by atoms with Crippen LogP contribution in [0.2, 0.25) is 0 Å². The number of carbonyl (C=O) groups is 1. The Kier molecular flexibility index (Phi) is 6.36. The molecule has 0 bridgehead atoms. The highest BCUT2D eigenvalue weighted by Gasteiger charge is 2.51. The van der Waals surface area contributed by atoms with E-state index in [2.05, 4.69) is 0 Å². The van der Waals surface area contributed by atoms with Crippen LogP contribution in [0, 0.1) is 0 Å². The van der Waals surface area contributed by atoms with Gasteiger partial charge < -0.3 is 18.9 Å². The van der Waals surface area contributed by atoms with E-state index in [0.29, 0.717) is 24.3 Å². The number of hydrogen-bond donors (Lipinski definition) is 1. The van der Waals surface area contributed by atoms with Crippen molar-refractivity contribution in [3.8, 4) is 5.75 Å². The van der Waals surface area contributed by atoms with Crippen molar-refractivity contribution < 1.29 is 22.7 Å². The van der Waals surface area contributed by atoms with Crippen LogP contribution in [-0.4, -0.2) is 35.7 Å². The van der Waals surface area contributed by atoms with Crippen molar-refractivity contribution in [3.05, 3.63) is 65.2 Å². The molecule has 7 heteroatoms. The van der Waals surface area contributed by atoms with E-state index in [0.717, 1.165) is 17.5 Å². The van der Waals surface area contributed by atoms with Gasteiger partial charge in [0.15, 0.2) is 5.72 Å². The molecule has 3 rings (SSSR count). The van der Waals surface area contributed by atoms with Gasteiger partial charge >= 0.3 is 0 Å². The second-order valence-corrected chi connectivity index (χ2v) is 6.54. The summed E-state index contributed by atoms with van der Waals surface area (Å²) in [5.41, 5.74) is 1.05. The van der Waals surface area contributed by atoms with Gasteiger partial charge in [-0.05, 0) is 31.0 Å². The van der Waals surface area contributed by atoms with Crippen molar-refractivity contribution in [3.63, 3.8) is 0 Å². The summed E-state index contributed by atoms with van der Waals surface area (Å²) < 4.78 is 23.5. The summed E-state index contributed by atoms with van der Waals surface area (Å²) >= 11 is -0.217. The molecule has 1 N–H and O–H groups in total. The first-order chi connectivity index (χ1) is 13.2. The molecule has 0 fully saturated rings. The monoisotopic (exact) mass is 391 g/mol. The summed E-state index contributed by atoms with van der Waals surface area (Å²) in [5.74, 6) is 0.285. The number of aliphatic hydroxyl groups is 1. The zero-order valence-electron chi connectivity index (χ0n) is 15.1. The summed E-state index contributed by atoms with van der Waals surface area (Å²) in [7, 11) is 0. The van der Waals surface area contributed by atoms with E-state index in [-0.39, 0.29) is 31.5 Å². The fourth-order valence-electron chi connectivity index (χ4n) is 3.49. The van der Waals surface area contributed by atoms with Gasteiger partial charge in [0, 0.05) is 29.8 Å². The third kappa shape index (κ3) is 3.54. The molecular weight excluding hydrogens is 369 g/mol. The molecule has 144 valence electrons. The van der Waals surface area contributed by atoms with E-state index in [1.165, 1.54) is 0 Å². The lowest BCUT2D eigenvalue weighted by Crippen LogP contribution is -2.47. The van der Waals surface area contributed by atoms with Gasteiger partial charge in [0.1, 0.15) is 5.75 Å². The van der Waals surface area contributed by atoms with Crippen molar-refractivity contribution in [2.45, 2.75) is 25.5 Å². The van der Waals surface area contributed by atoms with Crippen molar-refractivity contribution in [1.29, 1.82) is 0 Å². The zero-order valence-corrected chi connectivity index (χ0v) is 15.9. The zero-order chi connectivity index (χ0) is 19.3. The van der Waals surface area contributed by atoms with E-state index in [4.69, 9.17) is 8.92 Å². The summed E-state index contributed by atoms with van der Waals surface area (Å²) in [6.07, 6.45) is 1.22. The van der Waals surface area contributed by atoms with E-state index in [1.54, 1.807) is 35.2 Å². The first-order valence-electron chi connectivity index (χ1n) is 8.91. The average molecular weight is 391 g/mol. The summed E-state index contributed by atoms with van der Waals surface area (Å²) in [6.45, 7) is 2.81. The van der Waals surface area contributed by atoms with Crippen molar-refractivity contribution in [2.24, 2.45) is 0 Å². The Morgan fingerprint density at radius 3 is 2.59 bits per heavy atom. The van der Waals surface area contributed by atoms with E-state index in [1.807, 2.05) is 25.1 Å². The highest BCUT2D eigenvalue weighted by Crippen LogP contribution is 2.45. The van der Waals surface area contributed by atoms with Crippen LogP contribution in [0.15, 0.2) is 48.5 Å². The van der Waals surface area contributed by atoms with Gasteiger partial charge in [-0.15, -0.1) is 3.89 Å². The molecule has 0 saturated heterocycles. The molecule has 1 unspecified atom stereocenters. The highest BCUT2D eigenvalue weighted by atomic mass is 32.2. The predicted molar refractivity (Wildman–Crippen MR) is 102 cm³/mol. The van der Waals surface area contributed by atoms with Gasteiger partial charge in [-0.3, -0.25) is 4.79 Å². The minimum atomic E-state index is -1.08. The second-order valence-electron chi connectivity index (χ2n) is 6.24. The van der Waals surface area contributed by atoms with Crippen LogP contribution < -0.4 is 4.18 Å². The fraction of sp³-hybridized carbons (Fsp3) is 0.350. The number of halogens is 1. The number of amides is 1. The number of aliphatic hydroxyl groups excluding tert-OH is 1. The molecule has 0 aromatic heterocycles. The quantitative estimate of drug-likeness (QED) is 0.516. The molecule has 1 aliphatic heterocycles. The van der Waals surface area contributed by atoms with Crippen LogP contribution in [0.4, 0.5) is 3.89 Å². The predicted octanol–water partition coefficient (Wildman–Crippen LogP) is 4.06. The van der Waals surface area contributed by atoms with Gasteiger partial charge in [-0.25, -0.2) is 0 Å². The Hall–Kier alpha value is -2.09. The first kappa shape index (κ1) is 19.7. The molecule has 0 radical (unpaired) electrons. The Balaban J connectivity index is 2.13. The molecule has 1 heterocycles. The number of ether oxygens (including phenoxy) is 1. The van der Waals surface area contributed by atoms with E-state index in [9.17, 15) is 13.8 Å². The molecule has 0 spiro atoms. The lowest BCUT2D eigenvalue weighted by molar-refractivity contribution is -0.110. The third-order valence-corrected chi connectivity index (χ3v) is 4.84. The number of benzene rings is 2. The maximum atomic E-state index is 13.1. The van der Waals surface area contributed by atoms with E-state index < -0.39 is 5.72 Å². The molecule has 1 atom stereocenters. The molecule has 2 aromatic carbocycles. The average Bonchev–Trinajstić information content (AvgIpc) is 2.93. The van der Waals surface area contributed by atoms with Crippen LogP contribution in [0.25, 0.3) is 0 Å². The van der Waals surface area contributed by atoms with Crippen molar-refractivity contribution in [2.75, 3.05) is 19.8 Å². The molecule has 0 saturated carbocycles. The minimum Gasteiger partial charge on any atom is -0.397 e. The molecule has 27 heavy (non-hydrogen) atoms. The standard InChI is InChI=1S/C20H22FNO4S/c1-2-12-22-19(24)17-6-3-4-7-18(17)20(22,25-14-5-13-23)15-8-10-16(11-9-15)26-27-21/h3-4,6-11,23H,2,5,12-14H2,1H3. The molecule has 0 aliphatic carbocycles. The number of hydrogen-bond acceptors (Lipinski definition) is 5. The Morgan fingerprint density at radius 2 is 1.93 bits per heavy atom. The van der Waals surface area contributed by atoms with E-state index >= 15 is 0 Å². The normalized spacial score (nSPS) is 18.6. The van der Waals surface area contributed by atoms with Gasteiger partial charge in [0.05, 0.1) is 6.61 Å². The summed E-state index contributed by atoms with van der Waals surface area (Å²) in [4.78, 5) is 14.8. The summed E-state index contributed by atoms with van der Waals surface area (Å²) in [5, 5.41) is 9.19. The Morgan fingerprint density at radius 1 is 1.19 bits per heavy atom. The van der Waals surface area contributed by atoms with Crippen molar-refractivity contribution in [1.82, 2.24) is 4.90 Å². The molecule has 2 aromatic rings. The van der Waals surface area contributed by atoms with Gasteiger partial charge in [0.25, 0.3) is 18.3 Å². The number of rotatable bonds is 9. The Labute approximate surface area is 162 Å². The molecule has 5 nitrogen and oxygen atoms in total. The van der Waals surface area contributed by atoms with Gasteiger partial charge in [0.2, 0.25) is 0 Å². The van der Waals surface area contributed by atoms with Crippen LogP contribution in [0.3, 0.4) is 0 Å².